The van der Waals surface area contributed by atoms with Crippen LogP contribution in [0.25, 0.3) is 0 Å². The Morgan fingerprint density at radius 3 is 2.83 bits per heavy atom. The van der Waals surface area contributed by atoms with Gasteiger partial charge in [0.25, 0.3) is 0 Å². The molecule has 0 aliphatic carbocycles. The molecule has 0 aromatic heterocycles. The van der Waals surface area contributed by atoms with Crippen LogP contribution in [-0.4, -0.2) is 59.4 Å². The van der Waals surface area contributed by atoms with E-state index in [-0.39, 0.29) is 29.9 Å². The van der Waals surface area contributed by atoms with Crippen LogP contribution in [0, 0.1) is 11.8 Å². The molecule has 3 amide bonds. The molecule has 0 unspecified atom stereocenters. The van der Waals surface area contributed by atoms with Crippen molar-refractivity contribution in [2.45, 2.75) is 43.4 Å². The van der Waals surface area contributed by atoms with E-state index in [9.17, 15) is 14.4 Å². The first-order chi connectivity index (χ1) is 14.0. The van der Waals surface area contributed by atoms with Gasteiger partial charge in [0.2, 0.25) is 17.7 Å². The van der Waals surface area contributed by atoms with Gasteiger partial charge in [0.15, 0.2) is 0 Å². The molecule has 8 heteroatoms. The maximum Gasteiger partial charge on any atom is 0.250 e. The van der Waals surface area contributed by atoms with Crippen molar-refractivity contribution in [3.8, 4) is 0 Å². The molecule has 5 aliphatic rings. The van der Waals surface area contributed by atoms with Gasteiger partial charge < -0.3 is 10.1 Å². The molecule has 29 heavy (non-hydrogen) atoms. The van der Waals surface area contributed by atoms with Crippen LogP contribution in [0.3, 0.4) is 0 Å². The zero-order valence-corrected chi connectivity index (χ0v) is 17.5. The molecule has 5 heterocycles. The van der Waals surface area contributed by atoms with E-state index in [1.807, 2.05) is 18.2 Å². The van der Waals surface area contributed by atoms with Crippen molar-refractivity contribution in [1.29, 1.82) is 0 Å². The van der Waals surface area contributed by atoms with Crippen LogP contribution in [-0.2, 0) is 24.7 Å². The Bertz CT molecular complexity index is 946. The minimum absolute atomic E-state index is 0.0679. The Morgan fingerprint density at radius 2 is 2.03 bits per heavy atom. The molecule has 4 fully saturated rings. The molecular formula is C21H22BrN3O4. The lowest BCUT2D eigenvalue weighted by Crippen LogP contribution is -2.54. The van der Waals surface area contributed by atoms with Crippen LogP contribution < -0.4 is 5.32 Å². The number of carbonyl (C=O) groups is 3. The highest BCUT2D eigenvalue weighted by atomic mass is 79.9. The highest BCUT2D eigenvalue weighted by Crippen LogP contribution is 2.60. The summed E-state index contributed by atoms with van der Waals surface area (Å²) in [6.45, 7) is 1.71. The highest BCUT2D eigenvalue weighted by molar-refractivity contribution is 9.10. The van der Waals surface area contributed by atoms with Gasteiger partial charge in [0.05, 0.1) is 24.5 Å². The number of imide groups is 1. The zero-order chi connectivity index (χ0) is 19.9. The maximum atomic E-state index is 13.6. The first-order valence-corrected chi connectivity index (χ1v) is 11.2. The average molecular weight is 460 g/mol. The quantitative estimate of drug-likeness (QED) is 0.682. The van der Waals surface area contributed by atoms with Crippen molar-refractivity contribution in [2.24, 2.45) is 11.8 Å². The molecule has 1 aromatic carbocycles. The number of rotatable bonds is 2. The predicted molar refractivity (Wildman–Crippen MR) is 107 cm³/mol. The van der Waals surface area contributed by atoms with Crippen molar-refractivity contribution in [3.05, 3.63) is 28.2 Å². The van der Waals surface area contributed by atoms with Gasteiger partial charge in [-0.25, -0.2) is 0 Å². The Morgan fingerprint density at radius 1 is 1.17 bits per heavy atom. The number of nitrogens with one attached hydrogen (secondary N) is 1. The summed E-state index contributed by atoms with van der Waals surface area (Å²) in [7, 11) is 0. The van der Waals surface area contributed by atoms with E-state index in [1.165, 1.54) is 4.90 Å². The number of likely N-dealkylation sites (tertiary alicyclic amines) is 1. The number of nitrogens with zero attached hydrogens (tertiary/aromatic N) is 2. The minimum atomic E-state index is -1.09. The van der Waals surface area contributed by atoms with Gasteiger partial charge in [-0.1, -0.05) is 15.9 Å². The molecule has 0 radical (unpaired) electrons. The molecule has 1 spiro atoms. The lowest BCUT2D eigenvalue weighted by molar-refractivity contribution is -0.147. The van der Waals surface area contributed by atoms with E-state index >= 15 is 0 Å². The average Bonchev–Trinajstić information content (AvgIpc) is 3.47. The van der Waals surface area contributed by atoms with Crippen LogP contribution in [0.2, 0.25) is 0 Å². The molecule has 0 bridgehead atoms. The second kappa shape index (κ2) is 6.12. The molecule has 7 nitrogen and oxygen atoms in total. The lowest BCUT2D eigenvalue weighted by atomic mass is 9.75. The molecular weight excluding hydrogens is 438 g/mol. The molecule has 6 rings (SSSR count). The third kappa shape index (κ3) is 2.17. The lowest BCUT2D eigenvalue weighted by Gasteiger charge is -2.37. The van der Waals surface area contributed by atoms with Gasteiger partial charge in [-0.15, -0.1) is 0 Å². The summed E-state index contributed by atoms with van der Waals surface area (Å²) in [5.74, 6) is -1.64. The van der Waals surface area contributed by atoms with E-state index in [1.54, 1.807) is 0 Å². The number of benzene rings is 1. The number of amides is 3. The SMILES string of the molecule is O=C1[C@@H]2[C@H]3CCCN3[C@@]3(C(=O)Nc4ccc(Br)cc43)[C@@H]2C(=O)N1C[C@@H]1CCCO1. The van der Waals surface area contributed by atoms with E-state index < -0.39 is 17.4 Å². The van der Waals surface area contributed by atoms with Crippen molar-refractivity contribution in [1.82, 2.24) is 9.80 Å². The molecule has 4 saturated heterocycles. The van der Waals surface area contributed by atoms with E-state index in [4.69, 9.17) is 4.74 Å². The van der Waals surface area contributed by atoms with Crippen LogP contribution in [0.1, 0.15) is 31.2 Å². The Kier molecular flexibility index (Phi) is 3.81. The molecule has 152 valence electrons. The van der Waals surface area contributed by atoms with E-state index in [0.717, 1.165) is 48.0 Å². The van der Waals surface area contributed by atoms with Crippen LogP contribution in [0.4, 0.5) is 5.69 Å². The second-order valence-corrected chi connectivity index (χ2v) is 9.65. The molecule has 0 saturated carbocycles. The van der Waals surface area contributed by atoms with Gasteiger partial charge in [-0.05, 0) is 50.4 Å². The summed E-state index contributed by atoms with van der Waals surface area (Å²) in [6.07, 6.45) is 3.50. The number of halogens is 1. The number of hydrogen-bond acceptors (Lipinski definition) is 5. The minimum Gasteiger partial charge on any atom is -0.376 e. The summed E-state index contributed by atoms with van der Waals surface area (Å²) < 4.78 is 6.55. The number of hydrogen-bond donors (Lipinski definition) is 1. The van der Waals surface area contributed by atoms with Crippen molar-refractivity contribution in [3.63, 3.8) is 0 Å². The number of fused-ring (bicyclic) bond motifs is 7. The maximum absolute atomic E-state index is 13.6. The largest absolute Gasteiger partial charge is 0.376 e. The normalized spacial score (nSPS) is 38.1. The summed E-state index contributed by atoms with van der Waals surface area (Å²) in [5.41, 5.74) is 0.460. The van der Waals surface area contributed by atoms with Gasteiger partial charge in [-0.2, -0.15) is 0 Å². The first-order valence-electron chi connectivity index (χ1n) is 10.4. The third-order valence-electron chi connectivity index (χ3n) is 7.46. The summed E-state index contributed by atoms with van der Waals surface area (Å²) in [6, 6.07) is 5.63. The Balaban J connectivity index is 1.48. The zero-order valence-electron chi connectivity index (χ0n) is 15.9. The standard InChI is InChI=1S/C21H22BrN3O4/c22-11-5-6-14-13(9-11)21(20(28)23-14)17-16(15-4-1-7-25(15)21)18(26)24(19(17)27)10-12-3-2-8-29-12/h5-6,9,12,15-17H,1-4,7-8,10H2,(H,23,28)/t12-,15+,16+,17-,21+/m0/s1. The molecule has 5 atom stereocenters. The van der Waals surface area contributed by atoms with Crippen molar-refractivity contribution in [2.75, 3.05) is 25.0 Å². The third-order valence-corrected chi connectivity index (χ3v) is 7.95. The van der Waals surface area contributed by atoms with Gasteiger partial charge in [0, 0.05) is 28.4 Å². The second-order valence-electron chi connectivity index (χ2n) is 8.74. The van der Waals surface area contributed by atoms with Gasteiger partial charge >= 0.3 is 0 Å². The van der Waals surface area contributed by atoms with Gasteiger partial charge in [0.1, 0.15) is 5.54 Å². The predicted octanol–water partition coefficient (Wildman–Crippen LogP) is 1.85. The monoisotopic (exact) mass is 459 g/mol. The number of anilines is 1. The summed E-state index contributed by atoms with van der Waals surface area (Å²) in [5, 5.41) is 3.00. The Hall–Kier alpha value is -1.77. The van der Waals surface area contributed by atoms with E-state index in [2.05, 4.69) is 26.1 Å². The van der Waals surface area contributed by atoms with Crippen LogP contribution in [0.5, 0.6) is 0 Å². The summed E-state index contributed by atoms with van der Waals surface area (Å²) >= 11 is 3.52. The molecule has 5 aliphatic heterocycles. The number of carbonyl (C=O) groups excluding carboxylic acids is 3. The fourth-order valence-electron chi connectivity index (χ4n) is 6.41. The highest BCUT2D eigenvalue weighted by Gasteiger charge is 2.74. The topological polar surface area (TPSA) is 79.0 Å². The smallest absolute Gasteiger partial charge is 0.250 e. The fourth-order valence-corrected chi connectivity index (χ4v) is 6.77. The molecule has 1 N–H and O–H groups in total. The first kappa shape index (κ1) is 18.0. The molecule has 1 aromatic rings. The van der Waals surface area contributed by atoms with Crippen LogP contribution >= 0.6 is 15.9 Å². The Labute approximate surface area is 176 Å². The van der Waals surface area contributed by atoms with E-state index in [0.29, 0.717) is 13.2 Å². The van der Waals surface area contributed by atoms with Crippen molar-refractivity contribution >= 4 is 39.3 Å². The summed E-state index contributed by atoms with van der Waals surface area (Å²) in [4.78, 5) is 44.1. The van der Waals surface area contributed by atoms with Gasteiger partial charge in [-0.3, -0.25) is 24.2 Å². The van der Waals surface area contributed by atoms with Crippen molar-refractivity contribution < 1.29 is 19.1 Å². The fraction of sp³-hybridized carbons (Fsp3) is 0.571. The number of ether oxygens (including phenoxy) is 1. The van der Waals surface area contributed by atoms with Crippen LogP contribution in [0.15, 0.2) is 22.7 Å².